The highest BCUT2D eigenvalue weighted by atomic mass is 16.5. The first kappa shape index (κ1) is 26.2. The van der Waals surface area contributed by atoms with Crippen LogP contribution in [0.15, 0.2) is 67.0 Å². The molecule has 1 aromatic carbocycles. The molecule has 0 N–H and O–H groups in total. The van der Waals surface area contributed by atoms with Gasteiger partial charge >= 0.3 is 0 Å². The summed E-state index contributed by atoms with van der Waals surface area (Å²) in [5.41, 5.74) is 1.32. The second kappa shape index (κ2) is 17.5. The maximum absolute atomic E-state index is 6.42. The van der Waals surface area contributed by atoms with Crippen molar-refractivity contribution >= 4 is 0 Å². The van der Waals surface area contributed by atoms with E-state index >= 15 is 0 Å². The van der Waals surface area contributed by atoms with E-state index in [0.717, 1.165) is 31.6 Å². The molecule has 2 rings (SSSR count). The molecule has 0 saturated heterocycles. The zero-order chi connectivity index (χ0) is 22.7. The molecule has 0 aliphatic heterocycles. The van der Waals surface area contributed by atoms with Gasteiger partial charge in [-0.05, 0) is 43.7 Å². The molecule has 2 nitrogen and oxygen atoms in total. The highest BCUT2D eigenvalue weighted by Crippen LogP contribution is 2.22. The van der Waals surface area contributed by atoms with Crippen LogP contribution < -0.4 is 9.30 Å². The molecule has 0 spiro atoms. The Bertz CT molecular complexity index is 725. The minimum Gasteiger partial charge on any atom is -0.484 e. The third-order valence-corrected chi connectivity index (χ3v) is 6.13. The lowest BCUT2D eigenvalue weighted by Gasteiger charge is -2.17. The number of aromatic nitrogens is 1. The van der Waals surface area contributed by atoms with Crippen LogP contribution in [0.2, 0.25) is 0 Å². The van der Waals surface area contributed by atoms with Gasteiger partial charge < -0.3 is 4.74 Å². The number of ether oxygens (including phenoxy) is 1. The summed E-state index contributed by atoms with van der Waals surface area (Å²) in [7, 11) is 0. The molecule has 1 aromatic heterocycles. The predicted octanol–water partition coefficient (Wildman–Crippen LogP) is 8.24. The number of allylic oxidation sites excluding steroid dienone is 2. The first-order valence-electron chi connectivity index (χ1n) is 13.2. The maximum Gasteiger partial charge on any atom is 0.184 e. The summed E-state index contributed by atoms with van der Waals surface area (Å²) < 4.78 is 8.62. The normalized spacial score (nSPS) is 12.3. The Morgan fingerprint density at radius 3 is 2.12 bits per heavy atom. The van der Waals surface area contributed by atoms with Gasteiger partial charge in [-0.2, -0.15) is 0 Å². The lowest BCUT2D eigenvalue weighted by atomic mass is 10.1. The van der Waals surface area contributed by atoms with Gasteiger partial charge in [0.05, 0.1) is 0 Å². The predicted molar refractivity (Wildman–Crippen MR) is 137 cm³/mol. The molecular formula is C30H46NO+. The molecule has 0 radical (unpaired) electrons. The first-order chi connectivity index (χ1) is 15.8. The Morgan fingerprint density at radius 2 is 1.41 bits per heavy atom. The van der Waals surface area contributed by atoms with Crippen LogP contribution >= 0.6 is 0 Å². The van der Waals surface area contributed by atoms with Crippen LogP contribution in [0.25, 0.3) is 0 Å². The van der Waals surface area contributed by atoms with Gasteiger partial charge in [0.15, 0.2) is 25.0 Å². The van der Waals surface area contributed by atoms with Crippen molar-refractivity contribution in [3.8, 4) is 5.75 Å². The fourth-order valence-corrected chi connectivity index (χ4v) is 4.09. The number of rotatable bonds is 18. The molecule has 2 aromatic rings. The number of hydrogen-bond donors (Lipinski definition) is 0. The number of benzene rings is 1. The fraction of sp³-hybridized carbons (Fsp3) is 0.567. The summed E-state index contributed by atoms with van der Waals surface area (Å²) in [5.74, 6) is 1.04. The van der Waals surface area contributed by atoms with Gasteiger partial charge in [0.2, 0.25) is 0 Å². The monoisotopic (exact) mass is 436 g/mol. The van der Waals surface area contributed by atoms with E-state index < -0.39 is 0 Å². The van der Waals surface area contributed by atoms with Crippen LogP contribution in [0.1, 0.15) is 96.5 Å². The Kier molecular flexibility index (Phi) is 14.3. The molecular weight excluding hydrogens is 390 g/mol. The van der Waals surface area contributed by atoms with Crippen molar-refractivity contribution in [2.24, 2.45) is 0 Å². The van der Waals surface area contributed by atoms with Crippen molar-refractivity contribution in [2.75, 3.05) is 0 Å². The molecule has 0 amide bonds. The van der Waals surface area contributed by atoms with E-state index in [1.807, 2.05) is 0 Å². The largest absolute Gasteiger partial charge is 0.484 e. The van der Waals surface area contributed by atoms with Crippen LogP contribution in [0, 0.1) is 0 Å². The molecule has 0 aliphatic rings. The summed E-state index contributed by atoms with van der Waals surface area (Å²) in [6.07, 6.45) is 26.1. The SMILES string of the molecule is CCCCCCCCCCCC=CCCc1ccccc1OC(CC)C[n+]1ccccc1. The first-order valence-corrected chi connectivity index (χ1v) is 13.2. The van der Waals surface area contributed by atoms with Crippen molar-refractivity contribution < 1.29 is 9.30 Å². The van der Waals surface area contributed by atoms with Crippen molar-refractivity contribution in [1.82, 2.24) is 0 Å². The maximum atomic E-state index is 6.42. The Balaban J connectivity index is 1.64. The molecule has 32 heavy (non-hydrogen) atoms. The van der Waals surface area contributed by atoms with E-state index in [2.05, 4.69) is 85.4 Å². The second-order valence-electron chi connectivity index (χ2n) is 8.96. The molecule has 2 heteroatoms. The average Bonchev–Trinajstić information content (AvgIpc) is 2.83. The average molecular weight is 437 g/mol. The highest BCUT2D eigenvalue weighted by molar-refractivity contribution is 5.33. The topological polar surface area (TPSA) is 13.1 Å². The van der Waals surface area contributed by atoms with E-state index in [4.69, 9.17) is 4.74 Å². The molecule has 0 bridgehead atoms. The Hall–Kier alpha value is -2.09. The molecule has 1 heterocycles. The molecule has 1 atom stereocenters. The van der Waals surface area contributed by atoms with E-state index in [1.165, 1.54) is 69.8 Å². The van der Waals surface area contributed by atoms with E-state index in [9.17, 15) is 0 Å². The van der Waals surface area contributed by atoms with Crippen molar-refractivity contribution in [3.63, 3.8) is 0 Å². The third-order valence-electron chi connectivity index (χ3n) is 6.13. The quantitative estimate of drug-likeness (QED) is 0.130. The summed E-state index contributed by atoms with van der Waals surface area (Å²) >= 11 is 0. The molecule has 0 aliphatic carbocycles. The Labute approximate surface area is 197 Å². The van der Waals surface area contributed by atoms with E-state index in [1.54, 1.807) is 0 Å². The lowest BCUT2D eigenvalue weighted by Crippen LogP contribution is -2.41. The molecule has 176 valence electrons. The molecule has 1 unspecified atom stereocenters. The highest BCUT2D eigenvalue weighted by Gasteiger charge is 2.15. The summed E-state index contributed by atoms with van der Waals surface area (Å²) in [4.78, 5) is 0. The lowest BCUT2D eigenvalue weighted by molar-refractivity contribution is -0.702. The van der Waals surface area contributed by atoms with Gasteiger partial charge in [0.25, 0.3) is 0 Å². The van der Waals surface area contributed by atoms with Crippen LogP contribution in [-0.2, 0) is 13.0 Å². The Morgan fingerprint density at radius 1 is 0.750 bits per heavy atom. The molecule has 0 fully saturated rings. The van der Waals surface area contributed by atoms with E-state index in [-0.39, 0.29) is 6.10 Å². The van der Waals surface area contributed by atoms with Gasteiger partial charge in [0, 0.05) is 12.1 Å². The second-order valence-corrected chi connectivity index (χ2v) is 8.96. The minimum atomic E-state index is 0.186. The minimum absolute atomic E-state index is 0.186. The zero-order valence-electron chi connectivity index (χ0n) is 20.7. The number of unbranched alkanes of at least 4 members (excludes halogenated alkanes) is 9. The van der Waals surface area contributed by atoms with Gasteiger partial charge in [-0.1, -0.05) is 102 Å². The number of aryl methyl sites for hydroxylation is 1. The van der Waals surface area contributed by atoms with Gasteiger partial charge in [-0.25, -0.2) is 4.57 Å². The van der Waals surface area contributed by atoms with Crippen molar-refractivity contribution in [2.45, 2.75) is 110 Å². The van der Waals surface area contributed by atoms with E-state index in [0.29, 0.717) is 0 Å². The number of pyridine rings is 1. The van der Waals surface area contributed by atoms with Gasteiger partial charge in [0.1, 0.15) is 5.75 Å². The van der Waals surface area contributed by atoms with Crippen LogP contribution in [0.4, 0.5) is 0 Å². The third kappa shape index (κ3) is 11.5. The molecule has 0 saturated carbocycles. The van der Waals surface area contributed by atoms with Gasteiger partial charge in [-0.15, -0.1) is 0 Å². The summed E-state index contributed by atoms with van der Waals surface area (Å²) in [6, 6.07) is 14.7. The van der Waals surface area contributed by atoms with Crippen LogP contribution in [-0.4, -0.2) is 6.10 Å². The number of hydrogen-bond acceptors (Lipinski definition) is 1. The van der Waals surface area contributed by atoms with Crippen molar-refractivity contribution in [3.05, 3.63) is 72.6 Å². The summed E-state index contributed by atoms with van der Waals surface area (Å²) in [6.45, 7) is 5.37. The smallest absolute Gasteiger partial charge is 0.184 e. The van der Waals surface area contributed by atoms with Crippen LogP contribution in [0.3, 0.4) is 0 Å². The number of nitrogens with zero attached hydrogens (tertiary/aromatic N) is 1. The summed E-state index contributed by atoms with van der Waals surface area (Å²) in [5, 5.41) is 0. The van der Waals surface area contributed by atoms with Crippen molar-refractivity contribution in [1.29, 1.82) is 0 Å². The number of para-hydroxylation sites is 1. The standard InChI is InChI=1S/C30H46NO/c1-3-5-6-7-8-9-10-11-12-13-14-15-17-22-28-23-18-19-24-30(28)32-29(4-2)27-31-25-20-16-21-26-31/h14-16,18-21,23-26,29H,3-13,17,22,27H2,1-2H3/q+1. The zero-order valence-corrected chi connectivity index (χ0v) is 20.7. The van der Waals surface area contributed by atoms with Crippen LogP contribution in [0.5, 0.6) is 5.75 Å². The van der Waals surface area contributed by atoms with Gasteiger partial charge in [-0.3, -0.25) is 0 Å². The fourth-order valence-electron chi connectivity index (χ4n) is 4.09.